The van der Waals surface area contributed by atoms with Gasteiger partial charge in [0.1, 0.15) is 0 Å². The fourth-order valence-electron chi connectivity index (χ4n) is 2.51. The van der Waals surface area contributed by atoms with Crippen molar-refractivity contribution in [3.05, 3.63) is 47.3 Å². The Hall–Kier alpha value is -2.19. The van der Waals surface area contributed by atoms with Gasteiger partial charge in [-0.3, -0.25) is 9.48 Å². The zero-order chi connectivity index (χ0) is 18.4. The Kier molecular flexibility index (Phi) is 6.33. The number of sulfonamides is 1. The van der Waals surface area contributed by atoms with E-state index >= 15 is 0 Å². The largest absolute Gasteiger partial charge is 0.352 e. The number of carbonyl (C=O) groups is 1. The molecule has 7 nitrogen and oxygen atoms in total. The molecule has 0 saturated heterocycles. The van der Waals surface area contributed by atoms with E-state index in [4.69, 9.17) is 0 Å². The van der Waals surface area contributed by atoms with Gasteiger partial charge in [0.15, 0.2) is 0 Å². The molecule has 0 unspecified atom stereocenters. The monoisotopic (exact) mass is 364 g/mol. The van der Waals surface area contributed by atoms with E-state index in [-0.39, 0.29) is 10.8 Å². The lowest BCUT2D eigenvalue weighted by molar-refractivity contribution is 0.0952. The Morgan fingerprint density at radius 3 is 2.64 bits per heavy atom. The molecule has 0 aliphatic rings. The molecule has 0 atom stereocenters. The second kappa shape index (κ2) is 8.26. The average Bonchev–Trinajstić information content (AvgIpc) is 2.89. The van der Waals surface area contributed by atoms with Gasteiger partial charge in [-0.1, -0.05) is 13.0 Å². The minimum Gasteiger partial charge on any atom is -0.352 e. The van der Waals surface area contributed by atoms with Crippen LogP contribution in [0.5, 0.6) is 0 Å². The molecule has 1 heterocycles. The molecule has 2 aromatic rings. The van der Waals surface area contributed by atoms with Crippen molar-refractivity contribution in [1.82, 2.24) is 19.8 Å². The Morgan fingerprint density at radius 2 is 2.00 bits per heavy atom. The van der Waals surface area contributed by atoms with Gasteiger partial charge in [-0.2, -0.15) is 5.10 Å². The van der Waals surface area contributed by atoms with Crippen molar-refractivity contribution >= 4 is 15.9 Å². The first-order valence-corrected chi connectivity index (χ1v) is 9.71. The summed E-state index contributed by atoms with van der Waals surface area (Å²) in [5.41, 5.74) is 2.38. The van der Waals surface area contributed by atoms with Crippen molar-refractivity contribution in [3.63, 3.8) is 0 Å². The molecule has 0 fully saturated rings. The highest BCUT2D eigenvalue weighted by molar-refractivity contribution is 7.89. The summed E-state index contributed by atoms with van der Waals surface area (Å²) in [5, 5.41) is 7.18. The molecule has 1 aromatic carbocycles. The molecule has 25 heavy (non-hydrogen) atoms. The molecule has 0 spiro atoms. The molecule has 0 bridgehead atoms. The van der Waals surface area contributed by atoms with Crippen molar-refractivity contribution in [2.45, 2.75) is 38.6 Å². The number of hydrogen-bond acceptors (Lipinski definition) is 4. The minimum atomic E-state index is -3.57. The fourth-order valence-corrected chi connectivity index (χ4v) is 3.60. The van der Waals surface area contributed by atoms with Crippen LogP contribution in [0, 0.1) is 13.8 Å². The topological polar surface area (TPSA) is 93.1 Å². The Morgan fingerprint density at radius 1 is 1.24 bits per heavy atom. The van der Waals surface area contributed by atoms with Gasteiger partial charge in [-0.15, -0.1) is 0 Å². The number of aryl methyl sites for hydroxylation is 3. The molecule has 1 aromatic heterocycles. The van der Waals surface area contributed by atoms with Crippen molar-refractivity contribution in [2.75, 3.05) is 13.1 Å². The molecule has 1 amide bonds. The predicted molar refractivity (Wildman–Crippen MR) is 96.0 cm³/mol. The van der Waals surface area contributed by atoms with Gasteiger partial charge >= 0.3 is 0 Å². The second-order valence-electron chi connectivity index (χ2n) is 5.79. The Bertz CT molecular complexity index is 843. The summed E-state index contributed by atoms with van der Waals surface area (Å²) >= 11 is 0. The third kappa shape index (κ3) is 5.14. The van der Waals surface area contributed by atoms with Crippen LogP contribution in [0.4, 0.5) is 0 Å². The smallest absolute Gasteiger partial charge is 0.251 e. The highest BCUT2D eigenvalue weighted by atomic mass is 32.2. The summed E-state index contributed by atoms with van der Waals surface area (Å²) in [6, 6.07) is 8.02. The van der Waals surface area contributed by atoms with E-state index in [1.54, 1.807) is 19.1 Å². The Balaban J connectivity index is 1.92. The summed E-state index contributed by atoms with van der Waals surface area (Å²) in [7, 11) is -3.57. The van der Waals surface area contributed by atoms with Gasteiger partial charge in [0, 0.05) is 30.9 Å². The number of carbonyl (C=O) groups excluding carboxylic acids is 1. The molecule has 2 rings (SSSR count). The van der Waals surface area contributed by atoms with E-state index in [9.17, 15) is 13.2 Å². The van der Waals surface area contributed by atoms with Gasteiger partial charge in [0.05, 0.1) is 10.6 Å². The van der Waals surface area contributed by atoms with Crippen molar-refractivity contribution in [2.24, 2.45) is 0 Å². The number of benzene rings is 1. The molecule has 0 aliphatic heterocycles. The lowest BCUT2D eigenvalue weighted by Gasteiger charge is -2.09. The summed E-state index contributed by atoms with van der Waals surface area (Å²) in [5.74, 6) is -0.290. The van der Waals surface area contributed by atoms with E-state index in [0.717, 1.165) is 24.4 Å². The third-order valence-corrected chi connectivity index (χ3v) is 5.22. The molecular weight excluding hydrogens is 340 g/mol. The normalized spacial score (nSPS) is 11.5. The van der Waals surface area contributed by atoms with E-state index in [2.05, 4.69) is 15.1 Å². The van der Waals surface area contributed by atoms with Crippen LogP contribution in [0.3, 0.4) is 0 Å². The van der Waals surface area contributed by atoms with Gasteiger partial charge in [0.2, 0.25) is 10.0 Å². The average molecular weight is 364 g/mol. The quantitative estimate of drug-likeness (QED) is 0.696. The molecule has 0 aliphatic carbocycles. The summed E-state index contributed by atoms with van der Waals surface area (Å²) < 4.78 is 28.3. The zero-order valence-electron chi connectivity index (χ0n) is 14.7. The maximum Gasteiger partial charge on any atom is 0.251 e. The molecule has 2 N–H and O–H groups in total. The first kappa shape index (κ1) is 19.1. The van der Waals surface area contributed by atoms with Crippen LogP contribution in [-0.2, 0) is 16.6 Å². The standard InChI is InChI=1S/C17H24N4O3S/c1-4-19-25(23,24)16-8-5-7-15(12-16)17(22)18-9-6-10-21-14(3)11-13(2)20-21/h5,7-8,11-12,19H,4,6,9-10H2,1-3H3,(H,18,22). The maximum atomic E-state index is 12.2. The zero-order valence-corrected chi connectivity index (χ0v) is 15.6. The molecular formula is C17H24N4O3S. The summed E-state index contributed by atoms with van der Waals surface area (Å²) in [6.45, 7) is 7.15. The predicted octanol–water partition coefficient (Wildman–Crippen LogP) is 1.62. The number of aromatic nitrogens is 2. The van der Waals surface area contributed by atoms with Gasteiger partial charge in [-0.05, 0) is 44.5 Å². The molecule has 136 valence electrons. The van der Waals surface area contributed by atoms with Gasteiger partial charge in [-0.25, -0.2) is 13.1 Å². The maximum absolute atomic E-state index is 12.2. The van der Waals surface area contributed by atoms with Crippen LogP contribution in [0.2, 0.25) is 0 Å². The molecule has 0 radical (unpaired) electrons. The second-order valence-corrected chi connectivity index (χ2v) is 7.56. The Labute approximate surface area is 148 Å². The van der Waals surface area contributed by atoms with Crippen LogP contribution in [0.15, 0.2) is 35.2 Å². The first-order valence-electron chi connectivity index (χ1n) is 8.22. The van der Waals surface area contributed by atoms with Gasteiger partial charge in [0.25, 0.3) is 5.91 Å². The van der Waals surface area contributed by atoms with Gasteiger partial charge < -0.3 is 5.32 Å². The van der Waals surface area contributed by atoms with Crippen LogP contribution in [0.25, 0.3) is 0 Å². The highest BCUT2D eigenvalue weighted by Crippen LogP contribution is 2.11. The van der Waals surface area contributed by atoms with E-state index in [1.165, 1.54) is 12.1 Å². The SMILES string of the molecule is CCNS(=O)(=O)c1cccc(C(=O)NCCCn2nc(C)cc2C)c1. The highest BCUT2D eigenvalue weighted by Gasteiger charge is 2.15. The van der Waals surface area contributed by atoms with Crippen LogP contribution in [-0.4, -0.2) is 37.2 Å². The lowest BCUT2D eigenvalue weighted by atomic mass is 10.2. The van der Waals surface area contributed by atoms with E-state index in [1.807, 2.05) is 24.6 Å². The van der Waals surface area contributed by atoms with Crippen LogP contribution >= 0.6 is 0 Å². The fraction of sp³-hybridized carbons (Fsp3) is 0.412. The minimum absolute atomic E-state index is 0.0876. The number of nitrogens with zero attached hydrogens (tertiary/aromatic N) is 2. The molecule has 8 heteroatoms. The molecule has 0 saturated carbocycles. The van der Waals surface area contributed by atoms with Crippen molar-refractivity contribution in [1.29, 1.82) is 0 Å². The van der Waals surface area contributed by atoms with Crippen LogP contribution < -0.4 is 10.0 Å². The van der Waals surface area contributed by atoms with E-state index in [0.29, 0.717) is 18.7 Å². The summed E-state index contributed by atoms with van der Waals surface area (Å²) in [4.78, 5) is 12.3. The van der Waals surface area contributed by atoms with E-state index < -0.39 is 10.0 Å². The number of hydrogen-bond donors (Lipinski definition) is 2. The lowest BCUT2D eigenvalue weighted by Crippen LogP contribution is -2.27. The number of rotatable bonds is 8. The first-order chi connectivity index (χ1) is 11.8. The number of nitrogens with one attached hydrogen (secondary N) is 2. The van der Waals surface area contributed by atoms with Crippen LogP contribution in [0.1, 0.15) is 35.1 Å². The number of amides is 1. The third-order valence-electron chi connectivity index (χ3n) is 3.68. The van der Waals surface area contributed by atoms with Crippen molar-refractivity contribution in [3.8, 4) is 0 Å². The van der Waals surface area contributed by atoms with Crippen molar-refractivity contribution < 1.29 is 13.2 Å². The summed E-state index contributed by atoms with van der Waals surface area (Å²) in [6.07, 6.45) is 0.739.